The molecule has 1 aliphatic heterocycles. The second kappa shape index (κ2) is 6.56. The van der Waals surface area contributed by atoms with Crippen LogP contribution < -0.4 is 10.9 Å². The Kier molecular flexibility index (Phi) is 4.48. The van der Waals surface area contributed by atoms with Gasteiger partial charge in [0, 0.05) is 12.6 Å². The first-order chi connectivity index (χ1) is 11.4. The first-order valence-electron chi connectivity index (χ1n) is 7.59. The highest BCUT2D eigenvalue weighted by Crippen LogP contribution is 2.17. The highest BCUT2D eigenvalue weighted by molar-refractivity contribution is 7.91. The minimum atomic E-state index is -2.97. The summed E-state index contributed by atoms with van der Waals surface area (Å²) < 4.78 is 24.0. The molecule has 24 heavy (non-hydrogen) atoms. The zero-order chi connectivity index (χ0) is 17.2. The number of carbonyl (C=O) groups excluding carboxylic acids is 1. The number of para-hydroxylation sites is 1. The molecule has 7 nitrogen and oxygen atoms in total. The summed E-state index contributed by atoms with van der Waals surface area (Å²) in [6, 6.07) is 11.5. The van der Waals surface area contributed by atoms with E-state index in [-0.39, 0.29) is 35.2 Å². The third-order valence-electron chi connectivity index (χ3n) is 3.91. The van der Waals surface area contributed by atoms with Crippen molar-refractivity contribution in [1.82, 2.24) is 15.1 Å². The van der Waals surface area contributed by atoms with E-state index in [1.54, 1.807) is 24.3 Å². The third-order valence-corrected chi connectivity index (χ3v) is 5.75. The molecular weight excluding hydrogens is 330 g/mol. The van der Waals surface area contributed by atoms with Crippen molar-refractivity contribution in [2.75, 3.05) is 18.1 Å². The van der Waals surface area contributed by atoms with E-state index in [9.17, 15) is 18.0 Å². The summed E-state index contributed by atoms with van der Waals surface area (Å²) in [5, 5.41) is 6.79. The van der Waals surface area contributed by atoms with E-state index in [0.29, 0.717) is 12.1 Å². The van der Waals surface area contributed by atoms with E-state index in [0.717, 1.165) is 4.68 Å². The predicted octanol–water partition coefficient (Wildman–Crippen LogP) is 0.397. The van der Waals surface area contributed by atoms with Crippen LogP contribution in [0.2, 0.25) is 0 Å². The number of aromatic nitrogens is 2. The van der Waals surface area contributed by atoms with E-state index >= 15 is 0 Å². The zero-order valence-electron chi connectivity index (χ0n) is 12.9. The summed E-state index contributed by atoms with van der Waals surface area (Å²) in [7, 11) is -2.97. The van der Waals surface area contributed by atoms with Crippen LogP contribution in [0.1, 0.15) is 16.9 Å². The Bertz CT molecular complexity index is 906. The van der Waals surface area contributed by atoms with Gasteiger partial charge < -0.3 is 5.32 Å². The van der Waals surface area contributed by atoms with Gasteiger partial charge in [-0.15, -0.1) is 0 Å². The molecule has 1 amide bonds. The van der Waals surface area contributed by atoms with E-state index in [1.165, 1.54) is 12.1 Å². The van der Waals surface area contributed by atoms with Gasteiger partial charge in [-0.1, -0.05) is 18.2 Å². The lowest BCUT2D eigenvalue weighted by Crippen LogP contribution is -2.32. The van der Waals surface area contributed by atoms with Gasteiger partial charge in [0.25, 0.3) is 11.5 Å². The third kappa shape index (κ3) is 3.70. The van der Waals surface area contributed by atoms with Crippen LogP contribution in [0, 0.1) is 5.92 Å². The summed E-state index contributed by atoms with van der Waals surface area (Å²) >= 11 is 0. The van der Waals surface area contributed by atoms with Crippen molar-refractivity contribution in [2.45, 2.75) is 6.42 Å². The molecule has 8 heteroatoms. The summed E-state index contributed by atoms with van der Waals surface area (Å²) in [5.74, 6) is -0.225. The molecule has 126 valence electrons. The van der Waals surface area contributed by atoms with E-state index in [2.05, 4.69) is 10.4 Å². The monoisotopic (exact) mass is 347 g/mol. The van der Waals surface area contributed by atoms with Crippen LogP contribution in [0.3, 0.4) is 0 Å². The normalized spacial score (nSPS) is 19.1. The molecule has 0 saturated carbocycles. The molecule has 0 bridgehead atoms. The number of nitrogens with one attached hydrogen (secondary N) is 1. The number of amides is 1. The van der Waals surface area contributed by atoms with Crippen LogP contribution in [-0.2, 0) is 9.84 Å². The lowest BCUT2D eigenvalue weighted by molar-refractivity contribution is 0.0941. The number of hydrogen-bond donors (Lipinski definition) is 1. The second-order valence-corrected chi connectivity index (χ2v) is 8.01. The quantitative estimate of drug-likeness (QED) is 0.863. The van der Waals surface area contributed by atoms with Crippen molar-refractivity contribution in [3.63, 3.8) is 0 Å². The fourth-order valence-electron chi connectivity index (χ4n) is 2.65. The number of nitrogens with zero attached hydrogens (tertiary/aromatic N) is 2. The predicted molar refractivity (Wildman–Crippen MR) is 88.9 cm³/mol. The van der Waals surface area contributed by atoms with Crippen molar-refractivity contribution < 1.29 is 13.2 Å². The van der Waals surface area contributed by atoms with Crippen molar-refractivity contribution in [1.29, 1.82) is 0 Å². The fraction of sp³-hybridized carbons (Fsp3) is 0.312. The van der Waals surface area contributed by atoms with Crippen molar-refractivity contribution in [3.05, 3.63) is 58.5 Å². The van der Waals surface area contributed by atoms with E-state index in [4.69, 9.17) is 0 Å². The lowest BCUT2D eigenvalue weighted by Gasteiger charge is -2.10. The van der Waals surface area contributed by atoms with E-state index < -0.39 is 15.7 Å². The van der Waals surface area contributed by atoms with Crippen molar-refractivity contribution >= 4 is 15.7 Å². The average molecular weight is 347 g/mol. The van der Waals surface area contributed by atoms with Gasteiger partial charge >= 0.3 is 0 Å². The molecule has 1 saturated heterocycles. The van der Waals surface area contributed by atoms with Gasteiger partial charge in [-0.2, -0.15) is 9.78 Å². The molecule has 3 rings (SSSR count). The molecule has 1 aliphatic rings. The van der Waals surface area contributed by atoms with Gasteiger partial charge in [-0.25, -0.2) is 8.42 Å². The maximum absolute atomic E-state index is 12.2. The number of sulfone groups is 1. The molecule has 1 aromatic heterocycles. The van der Waals surface area contributed by atoms with Crippen LogP contribution in [0.15, 0.2) is 47.3 Å². The Morgan fingerprint density at radius 3 is 2.62 bits per heavy atom. The minimum Gasteiger partial charge on any atom is -0.350 e. The fourth-order valence-corrected chi connectivity index (χ4v) is 4.51. The number of rotatable bonds is 4. The highest BCUT2D eigenvalue weighted by atomic mass is 32.2. The van der Waals surface area contributed by atoms with Crippen LogP contribution in [0.4, 0.5) is 0 Å². The molecule has 2 heterocycles. The van der Waals surface area contributed by atoms with Gasteiger partial charge in [0.1, 0.15) is 5.69 Å². The van der Waals surface area contributed by atoms with E-state index in [1.807, 2.05) is 6.07 Å². The maximum atomic E-state index is 12.2. The maximum Gasteiger partial charge on any atom is 0.271 e. The lowest BCUT2D eigenvalue weighted by atomic mass is 10.1. The topological polar surface area (TPSA) is 98.1 Å². The van der Waals surface area contributed by atoms with Gasteiger partial charge in [0.15, 0.2) is 9.84 Å². The molecule has 0 aliphatic carbocycles. The van der Waals surface area contributed by atoms with Gasteiger partial charge in [0.2, 0.25) is 0 Å². The second-order valence-electron chi connectivity index (χ2n) is 5.78. The number of benzene rings is 1. The molecule has 0 unspecified atom stereocenters. The van der Waals surface area contributed by atoms with Crippen LogP contribution in [0.5, 0.6) is 0 Å². The largest absolute Gasteiger partial charge is 0.350 e. The number of hydrogen-bond acceptors (Lipinski definition) is 5. The Hall–Kier alpha value is -2.48. The average Bonchev–Trinajstić information content (AvgIpc) is 2.93. The van der Waals surface area contributed by atoms with Crippen LogP contribution >= 0.6 is 0 Å². The SMILES string of the molecule is O=C(NC[C@H]1CCS(=O)(=O)C1)c1ccc(=O)n(-c2ccccc2)n1. The van der Waals surface area contributed by atoms with Gasteiger partial charge in [0.05, 0.1) is 17.2 Å². The molecule has 0 spiro atoms. The standard InChI is InChI=1S/C16H17N3O4S/c20-15-7-6-14(18-19(15)13-4-2-1-3-5-13)16(21)17-10-12-8-9-24(22,23)11-12/h1-7,12H,8-11H2,(H,17,21)/t12-/m1/s1. The van der Waals surface area contributed by atoms with Crippen molar-refractivity contribution in [2.24, 2.45) is 5.92 Å². The van der Waals surface area contributed by atoms with Gasteiger partial charge in [-0.3, -0.25) is 9.59 Å². The molecule has 2 aromatic rings. The summed E-state index contributed by atoms with van der Waals surface area (Å²) in [5.41, 5.74) is 0.345. The molecule has 1 fully saturated rings. The first kappa shape index (κ1) is 16.4. The number of carbonyl (C=O) groups is 1. The Labute approximate surface area is 139 Å². The Morgan fingerprint density at radius 2 is 1.96 bits per heavy atom. The molecular formula is C16H17N3O4S. The Morgan fingerprint density at radius 1 is 1.21 bits per heavy atom. The zero-order valence-corrected chi connectivity index (χ0v) is 13.7. The van der Waals surface area contributed by atoms with Crippen molar-refractivity contribution in [3.8, 4) is 5.69 Å². The minimum absolute atomic E-state index is 0.0704. The van der Waals surface area contributed by atoms with Gasteiger partial charge in [-0.05, 0) is 30.5 Å². The Balaban J connectivity index is 1.73. The molecule has 1 aromatic carbocycles. The summed E-state index contributed by atoms with van der Waals surface area (Å²) in [6.07, 6.45) is 0.555. The summed E-state index contributed by atoms with van der Waals surface area (Å²) in [4.78, 5) is 24.2. The van der Waals surface area contributed by atoms with Crippen LogP contribution in [-0.4, -0.2) is 42.2 Å². The molecule has 1 N–H and O–H groups in total. The molecule has 1 atom stereocenters. The first-order valence-corrected chi connectivity index (χ1v) is 9.41. The summed E-state index contributed by atoms with van der Waals surface area (Å²) in [6.45, 7) is 0.282. The van der Waals surface area contributed by atoms with Crippen LogP contribution in [0.25, 0.3) is 5.69 Å². The smallest absolute Gasteiger partial charge is 0.271 e. The molecule has 0 radical (unpaired) electrons. The highest BCUT2D eigenvalue weighted by Gasteiger charge is 2.28.